The first kappa shape index (κ1) is 14.3. The Hall–Kier alpha value is -2.29. The van der Waals surface area contributed by atoms with Crippen LogP contribution in [0.5, 0.6) is 5.75 Å². The average Bonchev–Trinajstić information content (AvgIpc) is 3.11. The predicted octanol–water partition coefficient (Wildman–Crippen LogP) is 4.26. The molecule has 0 aromatic heterocycles. The first-order valence-electron chi connectivity index (χ1n) is 8.31. The van der Waals surface area contributed by atoms with E-state index in [1.807, 2.05) is 42.5 Å². The smallest absolute Gasteiger partial charge is 0.185 e. The molecule has 3 nitrogen and oxygen atoms in total. The number of carbonyl (C=O) groups excluding carboxylic acids is 1. The van der Waals surface area contributed by atoms with Crippen LogP contribution in [0, 0.1) is 5.92 Å². The van der Waals surface area contributed by atoms with E-state index in [1.165, 1.54) is 12.0 Å². The molecule has 3 atom stereocenters. The third-order valence-corrected chi connectivity index (χ3v) is 5.31. The number of ether oxygens (including phenoxy) is 1. The van der Waals surface area contributed by atoms with Crippen molar-refractivity contribution >= 4 is 11.5 Å². The Morgan fingerprint density at radius 1 is 1.13 bits per heavy atom. The van der Waals surface area contributed by atoms with Gasteiger partial charge in [0.1, 0.15) is 5.75 Å². The molecule has 118 valence electrons. The van der Waals surface area contributed by atoms with Crippen molar-refractivity contribution in [3.8, 4) is 5.75 Å². The van der Waals surface area contributed by atoms with Gasteiger partial charge in [0.15, 0.2) is 5.78 Å². The third-order valence-electron chi connectivity index (χ3n) is 5.31. The lowest BCUT2D eigenvalue weighted by atomic mass is 9.77. The topological polar surface area (TPSA) is 38.3 Å². The fraction of sp³-hybridized carbons (Fsp3) is 0.350. The number of hydrogen-bond acceptors (Lipinski definition) is 3. The summed E-state index contributed by atoms with van der Waals surface area (Å²) in [6.45, 7) is 0. The molecule has 1 fully saturated rings. The van der Waals surface area contributed by atoms with Crippen LogP contribution in [0.25, 0.3) is 0 Å². The Morgan fingerprint density at radius 3 is 2.74 bits per heavy atom. The van der Waals surface area contributed by atoms with Crippen LogP contribution in [-0.2, 0) is 0 Å². The van der Waals surface area contributed by atoms with E-state index in [9.17, 15) is 4.79 Å². The van der Waals surface area contributed by atoms with E-state index in [1.54, 1.807) is 7.11 Å². The van der Waals surface area contributed by atoms with Crippen LogP contribution < -0.4 is 10.1 Å². The van der Waals surface area contributed by atoms with Gasteiger partial charge < -0.3 is 10.1 Å². The van der Waals surface area contributed by atoms with E-state index in [0.717, 1.165) is 29.8 Å². The lowest BCUT2D eigenvalue weighted by Crippen LogP contribution is -2.41. The molecule has 2 aromatic rings. The minimum atomic E-state index is -0.120. The maximum absolute atomic E-state index is 13.0. The molecular weight excluding hydrogens is 286 g/mol. The molecule has 1 aliphatic carbocycles. The predicted molar refractivity (Wildman–Crippen MR) is 91.3 cm³/mol. The van der Waals surface area contributed by atoms with Crippen molar-refractivity contribution in [2.24, 2.45) is 5.92 Å². The van der Waals surface area contributed by atoms with Gasteiger partial charge in [-0.25, -0.2) is 0 Å². The zero-order valence-electron chi connectivity index (χ0n) is 13.3. The molecule has 0 bridgehead atoms. The second kappa shape index (κ2) is 5.73. The van der Waals surface area contributed by atoms with Crippen LogP contribution in [0.15, 0.2) is 48.5 Å². The molecule has 0 saturated heterocycles. The lowest BCUT2D eigenvalue weighted by molar-refractivity contribution is 0.0936. The molecule has 0 spiro atoms. The SMILES string of the molecule is COc1ccc2c(c1)[C@H]1CCC[C@H]1[C@@H](C(=O)c1ccccc1)N2. The minimum Gasteiger partial charge on any atom is -0.497 e. The quantitative estimate of drug-likeness (QED) is 0.861. The number of carbonyl (C=O) groups is 1. The van der Waals surface area contributed by atoms with E-state index in [-0.39, 0.29) is 11.8 Å². The standard InChI is InChI=1S/C20H21NO2/c1-23-14-10-11-18-17(12-14)15-8-5-9-16(15)19(21-18)20(22)13-6-3-2-4-7-13/h2-4,6-7,10-12,15-16,19,21H,5,8-9H2,1H3/t15-,16+,19-/m0/s1. The number of rotatable bonds is 3. The highest BCUT2D eigenvalue weighted by atomic mass is 16.5. The van der Waals surface area contributed by atoms with Crippen molar-refractivity contribution in [1.29, 1.82) is 0 Å². The second-order valence-corrected chi connectivity index (χ2v) is 6.51. The average molecular weight is 307 g/mol. The van der Waals surface area contributed by atoms with Crippen LogP contribution in [0.3, 0.4) is 0 Å². The molecule has 2 aliphatic rings. The van der Waals surface area contributed by atoms with Crippen LogP contribution in [0.1, 0.15) is 41.1 Å². The fourth-order valence-electron chi connectivity index (χ4n) is 4.20. The van der Waals surface area contributed by atoms with Crippen LogP contribution in [0.4, 0.5) is 5.69 Å². The maximum atomic E-state index is 13.0. The first-order valence-corrected chi connectivity index (χ1v) is 8.31. The summed E-state index contributed by atoms with van der Waals surface area (Å²) in [7, 11) is 1.70. The van der Waals surface area contributed by atoms with Gasteiger partial charge in [0.05, 0.1) is 13.2 Å². The Kier molecular flexibility index (Phi) is 3.56. The molecule has 1 heterocycles. The highest BCUT2D eigenvalue weighted by Crippen LogP contribution is 2.49. The maximum Gasteiger partial charge on any atom is 0.185 e. The van der Waals surface area contributed by atoms with Crippen molar-refractivity contribution < 1.29 is 9.53 Å². The monoisotopic (exact) mass is 307 g/mol. The number of methoxy groups -OCH3 is 1. The molecule has 0 radical (unpaired) electrons. The molecule has 0 amide bonds. The van der Waals surface area contributed by atoms with Gasteiger partial charge >= 0.3 is 0 Å². The van der Waals surface area contributed by atoms with Gasteiger partial charge in [-0.2, -0.15) is 0 Å². The Bertz CT molecular complexity index is 726. The summed E-state index contributed by atoms with van der Waals surface area (Å²) in [5.41, 5.74) is 3.19. The number of fused-ring (bicyclic) bond motifs is 3. The lowest BCUT2D eigenvalue weighted by Gasteiger charge is -2.36. The molecule has 1 saturated carbocycles. The van der Waals surface area contributed by atoms with E-state index in [2.05, 4.69) is 11.4 Å². The summed E-state index contributed by atoms with van der Waals surface area (Å²) in [5, 5.41) is 3.51. The highest BCUT2D eigenvalue weighted by Gasteiger charge is 2.42. The Morgan fingerprint density at radius 2 is 1.96 bits per heavy atom. The zero-order valence-corrected chi connectivity index (χ0v) is 13.3. The number of benzene rings is 2. The van der Waals surface area contributed by atoms with Crippen LogP contribution in [0.2, 0.25) is 0 Å². The highest BCUT2D eigenvalue weighted by molar-refractivity contribution is 6.02. The molecular formula is C20H21NO2. The van der Waals surface area contributed by atoms with Crippen LogP contribution in [-0.4, -0.2) is 18.9 Å². The Balaban J connectivity index is 1.71. The number of nitrogens with one attached hydrogen (secondary N) is 1. The molecule has 23 heavy (non-hydrogen) atoms. The third kappa shape index (κ3) is 2.40. The summed E-state index contributed by atoms with van der Waals surface area (Å²) >= 11 is 0. The van der Waals surface area contributed by atoms with Crippen molar-refractivity contribution in [3.05, 3.63) is 59.7 Å². The van der Waals surface area contributed by atoms with Crippen molar-refractivity contribution in [2.75, 3.05) is 12.4 Å². The summed E-state index contributed by atoms with van der Waals surface area (Å²) in [6.07, 6.45) is 3.45. The largest absolute Gasteiger partial charge is 0.497 e. The van der Waals surface area contributed by atoms with Gasteiger partial charge in [-0.05, 0) is 48.4 Å². The van der Waals surface area contributed by atoms with Gasteiger partial charge in [-0.1, -0.05) is 36.8 Å². The van der Waals surface area contributed by atoms with Gasteiger partial charge in [-0.15, -0.1) is 0 Å². The van der Waals surface area contributed by atoms with E-state index < -0.39 is 0 Å². The van der Waals surface area contributed by atoms with Gasteiger partial charge in [0, 0.05) is 11.3 Å². The summed E-state index contributed by atoms with van der Waals surface area (Å²) in [6, 6.07) is 15.7. The van der Waals surface area contributed by atoms with E-state index >= 15 is 0 Å². The molecule has 0 unspecified atom stereocenters. The zero-order chi connectivity index (χ0) is 15.8. The summed E-state index contributed by atoms with van der Waals surface area (Å²) < 4.78 is 5.38. The van der Waals surface area contributed by atoms with Crippen molar-refractivity contribution in [1.82, 2.24) is 0 Å². The molecule has 3 heteroatoms. The fourth-order valence-corrected chi connectivity index (χ4v) is 4.20. The van der Waals surface area contributed by atoms with Crippen LogP contribution >= 0.6 is 0 Å². The first-order chi connectivity index (χ1) is 11.3. The minimum absolute atomic E-state index is 0.120. The van der Waals surface area contributed by atoms with Gasteiger partial charge in [0.25, 0.3) is 0 Å². The normalized spacial score (nSPS) is 25.2. The number of Topliss-reactive ketones (excluding diaryl/α,β-unsaturated/α-hetero) is 1. The van der Waals surface area contributed by atoms with Crippen molar-refractivity contribution in [3.63, 3.8) is 0 Å². The number of hydrogen-bond donors (Lipinski definition) is 1. The molecule has 1 aliphatic heterocycles. The summed E-state index contributed by atoms with van der Waals surface area (Å²) in [5.74, 6) is 1.94. The molecule has 1 N–H and O–H groups in total. The second-order valence-electron chi connectivity index (χ2n) is 6.51. The van der Waals surface area contributed by atoms with Crippen molar-refractivity contribution in [2.45, 2.75) is 31.2 Å². The summed E-state index contributed by atoms with van der Waals surface area (Å²) in [4.78, 5) is 13.0. The van der Waals surface area contributed by atoms with Gasteiger partial charge in [-0.3, -0.25) is 4.79 Å². The Labute approximate surface area is 136 Å². The van der Waals surface area contributed by atoms with Gasteiger partial charge in [0.2, 0.25) is 0 Å². The van der Waals surface area contributed by atoms with E-state index in [0.29, 0.717) is 11.8 Å². The number of ketones is 1. The molecule has 2 aromatic carbocycles. The van der Waals surface area contributed by atoms with E-state index in [4.69, 9.17) is 4.74 Å². The molecule has 4 rings (SSSR count). The number of anilines is 1.